The van der Waals surface area contributed by atoms with Crippen molar-refractivity contribution < 1.29 is 33.8 Å². The number of phosphoric acid groups is 1. The topological polar surface area (TPSA) is 250 Å². The molecule has 1 unspecified atom stereocenters. The largest absolute Gasteiger partial charge is 0.790 e. The van der Waals surface area contributed by atoms with E-state index in [1.807, 2.05) is 4.98 Å². The first kappa shape index (κ1) is 22.6. The van der Waals surface area contributed by atoms with Crippen LogP contribution in [-0.2, 0) is 13.8 Å². The maximum atomic E-state index is 11.8. The fourth-order valence-electron chi connectivity index (χ4n) is 2.18. The summed E-state index contributed by atoms with van der Waals surface area (Å²) in [6, 6.07) is 1.08. The third-order valence-electron chi connectivity index (χ3n) is 3.16. The van der Waals surface area contributed by atoms with Crippen LogP contribution in [0.25, 0.3) is 0 Å². The van der Waals surface area contributed by atoms with Crippen molar-refractivity contribution in [1.29, 1.82) is 0 Å². The number of aromatic nitrogens is 2. The Hall–Kier alpha value is -1.41. The van der Waals surface area contributed by atoms with Crippen LogP contribution in [0.5, 0.6) is 0 Å². The lowest BCUT2D eigenvalue weighted by atomic mass is 10.1. The summed E-state index contributed by atoms with van der Waals surface area (Å²) in [6.07, 6.45) is -5.89. The zero-order valence-electron chi connectivity index (χ0n) is 13.2. The Labute approximate surface area is 135 Å². The van der Waals surface area contributed by atoms with Crippen LogP contribution in [0.3, 0.4) is 0 Å². The van der Waals surface area contributed by atoms with E-state index >= 15 is 0 Å². The minimum absolute atomic E-state index is 0. The van der Waals surface area contributed by atoms with E-state index in [0.717, 1.165) is 10.6 Å². The molecular weight excluding hydrogens is 351 g/mol. The molecule has 140 valence electrons. The van der Waals surface area contributed by atoms with E-state index in [1.165, 1.54) is 6.92 Å². The van der Waals surface area contributed by atoms with E-state index in [0.29, 0.717) is 0 Å². The summed E-state index contributed by atoms with van der Waals surface area (Å²) >= 11 is 0. The van der Waals surface area contributed by atoms with Gasteiger partial charge in [-0.1, -0.05) is 0 Å². The van der Waals surface area contributed by atoms with Crippen LogP contribution in [0.4, 0.5) is 0 Å². The Balaban J connectivity index is 0.00000264. The Bertz CT molecular complexity index is 713. The van der Waals surface area contributed by atoms with Gasteiger partial charge in [0, 0.05) is 11.8 Å². The molecule has 1 aromatic rings. The highest BCUT2D eigenvalue weighted by molar-refractivity contribution is 7.43. The number of H-pyrrole nitrogens is 1. The monoisotopic (exact) mass is 372 g/mol. The molecule has 0 spiro atoms. The normalized spacial score (nSPS) is 26.5. The Morgan fingerprint density at radius 1 is 1.33 bits per heavy atom. The van der Waals surface area contributed by atoms with Crippen LogP contribution in [-0.4, -0.2) is 44.7 Å². The zero-order chi connectivity index (χ0) is 16.7. The van der Waals surface area contributed by atoms with Crippen LogP contribution >= 0.6 is 7.82 Å². The van der Waals surface area contributed by atoms with Crippen molar-refractivity contribution in [3.8, 4) is 0 Å². The first-order chi connectivity index (χ1) is 10.1. The fraction of sp³-hybridized carbons (Fsp3) is 0.600. The number of nitrogens with one attached hydrogen (secondary N) is 1. The maximum Gasteiger partial charge on any atom is 0.330 e. The smallest absolute Gasteiger partial charge is 0.330 e. The number of aliphatic hydroxyl groups is 2. The van der Waals surface area contributed by atoms with Crippen molar-refractivity contribution in [1.82, 2.24) is 21.9 Å². The second kappa shape index (κ2) is 8.11. The highest BCUT2D eigenvalue weighted by atomic mass is 31.2. The van der Waals surface area contributed by atoms with Gasteiger partial charge in [-0.15, -0.1) is 0 Å². The highest BCUT2D eigenvalue weighted by Crippen LogP contribution is 2.32. The number of aromatic amines is 1. The van der Waals surface area contributed by atoms with Crippen LogP contribution in [0.2, 0.25) is 0 Å². The highest BCUT2D eigenvalue weighted by Gasteiger charge is 2.44. The molecule has 4 atom stereocenters. The molecule has 24 heavy (non-hydrogen) atoms. The van der Waals surface area contributed by atoms with Crippen LogP contribution in [0, 0.1) is 6.92 Å². The third-order valence-corrected chi connectivity index (χ3v) is 3.62. The maximum absolute atomic E-state index is 11.8. The SMILES string of the molecule is Cc1cc(=O)[nH]c(=O)n1[C@@H]1O[C@H](COP(=O)([O-])[O-])[C@H](O)C1O.[NH4+].[NH4+]. The number of quaternary nitrogens is 2. The van der Waals surface area contributed by atoms with E-state index < -0.39 is 50.2 Å². The molecule has 13 nitrogen and oxygen atoms in total. The molecule has 0 aliphatic carbocycles. The summed E-state index contributed by atoms with van der Waals surface area (Å²) in [5.41, 5.74) is -1.36. The van der Waals surface area contributed by atoms with Crippen molar-refractivity contribution in [3.63, 3.8) is 0 Å². The number of hydrogen-bond acceptors (Lipinski definition) is 9. The lowest BCUT2D eigenvalue weighted by Gasteiger charge is -2.30. The zero-order valence-corrected chi connectivity index (χ0v) is 14.1. The Morgan fingerprint density at radius 2 is 1.92 bits per heavy atom. The van der Waals surface area contributed by atoms with Gasteiger partial charge in [0.2, 0.25) is 0 Å². The van der Waals surface area contributed by atoms with Gasteiger partial charge < -0.3 is 46.1 Å². The first-order valence-electron chi connectivity index (χ1n) is 6.11. The van der Waals surface area contributed by atoms with Gasteiger partial charge >= 0.3 is 5.69 Å². The van der Waals surface area contributed by atoms with Crippen molar-refractivity contribution >= 4 is 7.82 Å². The summed E-state index contributed by atoms with van der Waals surface area (Å²) in [6.45, 7) is 0.600. The van der Waals surface area contributed by atoms with Crippen LogP contribution < -0.4 is 33.3 Å². The van der Waals surface area contributed by atoms with Crippen molar-refractivity contribution in [2.24, 2.45) is 0 Å². The summed E-state index contributed by atoms with van der Waals surface area (Å²) in [5.74, 6) is 0. The predicted octanol–water partition coefficient (Wildman–Crippen LogP) is -2.94. The number of phosphoric ester groups is 1. The van der Waals surface area contributed by atoms with Gasteiger partial charge in [-0.05, 0) is 6.92 Å². The molecule has 0 aromatic carbocycles. The number of ether oxygens (including phenoxy) is 1. The molecule has 1 aromatic heterocycles. The van der Waals surface area contributed by atoms with Crippen molar-refractivity contribution in [3.05, 3.63) is 32.6 Å². The molecule has 1 aliphatic rings. The van der Waals surface area contributed by atoms with E-state index in [1.54, 1.807) is 0 Å². The molecule has 2 rings (SSSR count). The molecular formula is C10H21N4O9P. The second-order valence-electron chi connectivity index (χ2n) is 4.74. The average molecular weight is 372 g/mol. The van der Waals surface area contributed by atoms with Crippen LogP contribution in [0.1, 0.15) is 11.9 Å². The second-order valence-corrected chi connectivity index (χ2v) is 5.89. The van der Waals surface area contributed by atoms with Gasteiger partial charge in [0.1, 0.15) is 18.3 Å². The van der Waals surface area contributed by atoms with E-state index in [2.05, 4.69) is 4.52 Å². The van der Waals surface area contributed by atoms with Crippen molar-refractivity contribution in [2.45, 2.75) is 31.5 Å². The van der Waals surface area contributed by atoms with E-state index in [-0.39, 0.29) is 18.0 Å². The lowest BCUT2D eigenvalue weighted by Crippen LogP contribution is -2.39. The Kier molecular flexibility index (Phi) is 7.64. The lowest BCUT2D eigenvalue weighted by molar-refractivity contribution is -0.343. The summed E-state index contributed by atoms with van der Waals surface area (Å²) in [4.78, 5) is 45.8. The van der Waals surface area contributed by atoms with Gasteiger partial charge in [0.15, 0.2) is 6.23 Å². The molecule has 0 radical (unpaired) electrons. The summed E-state index contributed by atoms with van der Waals surface area (Å²) in [7, 11) is -5.27. The summed E-state index contributed by atoms with van der Waals surface area (Å²) < 4.78 is 20.5. The van der Waals surface area contributed by atoms with Crippen LogP contribution in [0.15, 0.2) is 15.7 Å². The van der Waals surface area contributed by atoms with Crippen molar-refractivity contribution in [2.75, 3.05) is 6.61 Å². The standard InChI is InChI=1S/C10H15N2O9P.2H3N/c1-4-2-6(13)11-10(16)12(4)9-8(15)7(14)5(21-9)3-20-22(17,18)19;;/h2,5,7-9,14-15H,3H2,1H3,(H,11,13,16)(H2,17,18,19);2*1H3/t5-,7+,8?,9-;;/m1../s1. The van der Waals surface area contributed by atoms with E-state index in [9.17, 15) is 34.2 Å². The molecule has 0 amide bonds. The summed E-state index contributed by atoms with van der Waals surface area (Å²) in [5, 5.41) is 19.7. The number of rotatable bonds is 4. The van der Waals surface area contributed by atoms with Gasteiger partial charge in [0.05, 0.1) is 14.4 Å². The van der Waals surface area contributed by atoms with E-state index in [4.69, 9.17) is 4.74 Å². The molecule has 0 bridgehead atoms. The minimum atomic E-state index is -5.27. The fourth-order valence-corrected chi connectivity index (χ4v) is 2.51. The first-order valence-corrected chi connectivity index (χ1v) is 7.57. The predicted molar refractivity (Wildman–Crippen MR) is 77.5 cm³/mol. The Morgan fingerprint density at radius 3 is 2.42 bits per heavy atom. The third kappa shape index (κ3) is 4.80. The number of hydrogen-bond donors (Lipinski definition) is 5. The average Bonchev–Trinajstić information content (AvgIpc) is 2.63. The molecule has 11 N–H and O–H groups in total. The number of aryl methyl sites for hydroxylation is 1. The molecule has 1 saturated heterocycles. The van der Waals surface area contributed by atoms with Gasteiger partial charge in [-0.2, -0.15) is 0 Å². The molecule has 2 heterocycles. The molecule has 1 aliphatic heterocycles. The number of aliphatic hydroxyl groups excluding tert-OH is 2. The molecule has 0 saturated carbocycles. The quantitative estimate of drug-likeness (QED) is 0.338. The molecule has 1 fully saturated rings. The van der Waals surface area contributed by atoms with Gasteiger partial charge in [-0.25, -0.2) is 4.79 Å². The number of nitrogens with zero attached hydrogens (tertiary/aromatic N) is 1. The molecule has 14 heteroatoms. The van der Waals surface area contributed by atoms with Gasteiger partial charge in [-0.3, -0.25) is 14.3 Å². The van der Waals surface area contributed by atoms with Gasteiger partial charge in [0.25, 0.3) is 5.56 Å². The minimum Gasteiger partial charge on any atom is -0.790 e.